The second-order valence-corrected chi connectivity index (χ2v) is 7.88. The molecule has 3 N–H and O–H groups in total. The van der Waals surface area contributed by atoms with Crippen LogP contribution in [0.2, 0.25) is 0 Å². The van der Waals surface area contributed by atoms with Crippen LogP contribution in [0.4, 0.5) is 4.39 Å². The smallest absolute Gasteiger partial charge is 0.252 e. The van der Waals surface area contributed by atoms with Gasteiger partial charge in [0.15, 0.2) is 0 Å². The van der Waals surface area contributed by atoms with E-state index in [-0.39, 0.29) is 16.3 Å². The third kappa shape index (κ3) is 4.10. The maximum atomic E-state index is 13.1. The predicted molar refractivity (Wildman–Crippen MR) is 81.0 cm³/mol. The van der Waals surface area contributed by atoms with Crippen LogP contribution in [-0.2, 0) is 16.6 Å². The maximum absolute atomic E-state index is 13.1. The summed E-state index contributed by atoms with van der Waals surface area (Å²) in [6.07, 6.45) is 0. The normalized spacial score (nSPS) is 11.4. The van der Waals surface area contributed by atoms with E-state index < -0.39 is 21.7 Å². The van der Waals surface area contributed by atoms with E-state index >= 15 is 0 Å². The molecule has 112 valence electrons. The molecular weight excluding hydrogens is 383 g/mol. The lowest BCUT2D eigenvalue weighted by atomic mass is 10.2. The molecule has 0 spiro atoms. The Kier molecular flexibility index (Phi) is 4.77. The second-order valence-electron chi connectivity index (χ2n) is 4.07. The first kappa shape index (κ1) is 16.1. The second kappa shape index (κ2) is 6.22. The van der Waals surface area contributed by atoms with E-state index in [1.165, 1.54) is 18.2 Å². The molecule has 1 amide bonds. The molecule has 1 aromatic carbocycles. The first-order valence-corrected chi connectivity index (χ1v) is 8.78. The lowest BCUT2D eigenvalue weighted by Crippen LogP contribution is -2.22. The molecule has 9 heteroatoms. The fraction of sp³-hybridized carbons (Fsp3) is 0.0833. The quantitative estimate of drug-likeness (QED) is 0.835. The van der Waals surface area contributed by atoms with Crippen LogP contribution in [0.1, 0.15) is 15.2 Å². The van der Waals surface area contributed by atoms with Gasteiger partial charge in [-0.15, -0.1) is 11.3 Å². The van der Waals surface area contributed by atoms with Crippen LogP contribution in [0.5, 0.6) is 0 Å². The van der Waals surface area contributed by atoms with E-state index in [0.717, 1.165) is 17.4 Å². The summed E-state index contributed by atoms with van der Waals surface area (Å²) in [4.78, 5) is 12.6. The van der Waals surface area contributed by atoms with Crippen molar-refractivity contribution in [2.24, 2.45) is 5.14 Å². The zero-order valence-corrected chi connectivity index (χ0v) is 13.7. The minimum atomic E-state index is -3.74. The first-order chi connectivity index (χ1) is 9.77. The topological polar surface area (TPSA) is 89.3 Å². The van der Waals surface area contributed by atoms with Crippen LogP contribution in [0.25, 0.3) is 0 Å². The molecule has 0 saturated heterocycles. The molecule has 2 aromatic rings. The number of benzene rings is 1. The highest BCUT2D eigenvalue weighted by Gasteiger charge is 2.14. The predicted octanol–water partition coefficient (Wildman–Crippen LogP) is 2.23. The summed E-state index contributed by atoms with van der Waals surface area (Å²) >= 11 is 4.14. The summed E-state index contributed by atoms with van der Waals surface area (Å²) in [7, 11) is -3.74. The number of carbonyl (C=O) groups is 1. The Morgan fingerprint density at radius 1 is 1.33 bits per heavy atom. The van der Waals surface area contributed by atoms with Gasteiger partial charge >= 0.3 is 0 Å². The molecule has 0 bridgehead atoms. The number of carbonyl (C=O) groups excluding carboxylic acids is 1. The number of primary sulfonamides is 1. The highest BCUT2D eigenvalue weighted by molar-refractivity contribution is 9.10. The van der Waals surface area contributed by atoms with Gasteiger partial charge in [0.25, 0.3) is 5.91 Å². The molecule has 0 aliphatic rings. The highest BCUT2D eigenvalue weighted by atomic mass is 79.9. The Morgan fingerprint density at radius 3 is 2.67 bits per heavy atom. The Bertz CT molecular complexity index is 790. The molecule has 1 heterocycles. The van der Waals surface area contributed by atoms with Crippen molar-refractivity contribution in [3.05, 3.63) is 51.1 Å². The molecule has 0 aliphatic carbocycles. The van der Waals surface area contributed by atoms with E-state index in [1.54, 1.807) is 6.07 Å². The lowest BCUT2D eigenvalue weighted by molar-refractivity contribution is 0.0950. The number of amides is 1. The lowest BCUT2D eigenvalue weighted by Gasteiger charge is -2.05. The SMILES string of the molecule is NS(=O)(=O)c1ccc(CNC(=O)c2cc(F)ccc2Br)s1. The van der Waals surface area contributed by atoms with Crippen LogP contribution < -0.4 is 10.5 Å². The summed E-state index contributed by atoms with van der Waals surface area (Å²) in [5, 5.41) is 7.59. The molecule has 21 heavy (non-hydrogen) atoms. The Labute approximate surface area is 133 Å². The van der Waals surface area contributed by atoms with Gasteiger partial charge in [0, 0.05) is 9.35 Å². The molecule has 0 unspecified atom stereocenters. The fourth-order valence-corrected chi connectivity index (χ4v) is 3.69. The van der Waals surface area contributed by atoms with E-state index in [4.69, 9.17) is 5.14 Å². The Balaban J connectivity index is 2.08. The summed E-state index contributed by atoms with van der Waals surface area (Å²) in [5.74, 6) is -0.983. The van der Waals surface area contributed by atoms with Crippen LogP contribution >= 0.6 is 27.3 Å². The number of hydrogen-bond acceptors (Lipinski definition) is 4. The Morgan fingerprint density at radius 2 is 2.05 bits per heavy atom. The zero-order valence-electron chi connectivity index (χ0n) is 10.5. The molecule has 5 nitrogen and oxygen atoms in total. The van der Waals surface area contributed by atoms with Crippen molar-refractivity contribution < 1.29 is 17.6 Å². The van der Waals surface area contributed by atoms with Crippen molar-refractivity contribution in [1.82, 2.24) is 5.32 Å². The van der Waals surface area contributed by atoms with E-state index in [1.807, 2.05) is 0 Å². The van der Waals surface area contributed by atoms with Gasteiger partial charge < -0.3 is 5.32 Å². The largest absolute Gasteiger partial charge is 0.347 e. The fourth-order valence-electron chi connectivity index (χ4n) is 1.54. The molecule has 1 aromatic heterocycles. The van der Waals surface area contributed by atoms with Crippen molar-refractivity contribution in [2.75, 3.05) is 0 Å². The van der Waals surface area contributed by atoms with E-state index in [2.05, 4.69) is 21.2 Å². The number of hydrogen-bond donors (Lipinski definition) is 2. The van der Waals surface area contributed by atoms with Crippen molar-refractivity contribution in [3.63, 3.8) is 0 Å². The van der Waals surface area contributed by atoms with Gasteiger partial charge in [0.2, 0.25) is 10.0 Å². The third-order valence-corrected chi connectivity index (χ3v) is 5.73. The van der Waals surface area contributed by atoms with Gasteiger partial charge in [-0.1, -0.05) is 0 Å². The van der Waals surface area contributed by atoms with Crippen molar-refractivity contribution in [1.29, 1.82) is 0 Å². The number of nitrogens with two attached hydrogens (primary N) is 1. The number of rotatable bonds is 4. The van der Waals surface area contributed by atoms with Gasteiger partial charge in [-0.3, -0.25) is 4.79 Å². The van der Waals surface area contributed by atoms with Crippen LogP contribution in [0.15, 0.2) is 39.0 Å². The number of halogens is 2. The molecule has 0 saturated carbocycles. The summed E-state index contributed by atoms with van der Waals surface area (Å²) in [6.45, 7) is 0.127. The number of thiophene rings is 1. The van der Waals surface area contributed by atoms with E-state index in [0.29, 0.717) is 9.35 Å². The molecule has 2 rings (SSSR count). The zero-order chi connectivity index (χ0) is 15.6. The molecule has 0 aliphatic heterocycles. The van der Waals surface area contributed by atoms with Gasteiger partial charge in [-0.05, 0) is 46.3 Å². The number of nitrogens with one attached hydrogen (secondary N) is 1. The van der Waals surface area contributed by atoms with Crippen molar-refractivity contribution in [3.8, 4) is 0 Å². The standard InChI is InChI=1S/C12H10BrFN2O3S2/c13-10-3-1-7(14)5-9(10)12(17)16-6-8-2-4-11(20-8)21(15,18)19/h1-5H,6H2,(H,16,17)(H2,15,18,19). The van der Waals surface area contributed by atoms with Crippen molar-refractivity contribution in [2.45, 2.75) is 10.8 Å². The van der Waals surface area contributed by atoms with Crippen LogP contribution in [0.3, 0.4) is 0 Å². The van der Waals surface area contributed by atoms with Crippen LogP contribution in [-0.4, -0.2) is 14.3 Å². The summed E-state index contributed by atoms with van der Waals surface area (Å²) < 4.78 is 35.9. The third-order valence-electron chi connectivity index (χ3n) is 2.51. The Hall–Kier alpha value is -1.29. The highest BCUT2D eigenvalue weighted by Crippen LogP contribution is 2.21. The molecule has 0 radical (unpaired) electrons. The average molecular weight is 393 g/mol. The van der Waals surface area contributed by atoms with Crippen molar-refractivity contribution >= 4 is 43.2 Å². The van der Waals surface area contributed by atoms with Gasteiger partial charge in [0.05, 0.1) is 12.1 Å². The molecule has 0 atom stereocenters. The van der Waals surface area contributed by atoms with Gasteiger partial charge in [-0.2, -0.15) is 0 Å². The number of sulfonamides is 1. The summed E-state index contributed by atoms with van der Waals surface area (Å²) in [5.41, 5.74) is 0.165. The summed E-state index contributed by atoms with van der Waals surface area (Å²) in [6, 6.07) is 6.72. The minimum Gasteiger partial charge on any atom is -0.347 e. The van der Waals surface area contributed by atoms with Gasteiger partial charge in [0.1, 0.15) is 10.0 Å². The van der Waals surface area contributed by atoms with E-state index in [9.17, 15) is 17.6 Å². The minimum absolute atomic E-state index is 0.0266. The first-order valence-electron chi connectivity index (χ1n) is 5.62. The molecule has 0 fully saturated rings. The average Bonchev–Trinajstić information content (AvgIpc) is 2.87. The van der Waals surface area contributed by atoms with Gasteiger partial charge in [-0.25, -0.2) is 17.9 Å². The maximum Gasteiger partial charge on any atom is 0.252 e. The van der Waals surface area contributed by atoms with Crippen LogP contribution in [0, 0.1) is 5.82 Å². The monoisotopic (exact) mass is 392 g/mol. The molecular formula is C12H10BrFN2O3S2.